The number of aromatic nitrogens is 2. The van der Waals surface area contributed by atoms with Crippen molar-refractivity contribution in [1.82, 2.24) is 9.55 Å². The van der Waals surface area contributed by atoms with Gasteiger partial charge in [0.2, 0.25) is 5.78 Å². The summed E-state index contributed by atoms with van der Waals surface area (Å²) in [6, 6.07) is 5.69. The molecule has 2 aromatic heterocycles. The number of carbonyl (C=O) groups excluding carboxylic acids is 4. The van der Waals surface area contributed by atoms with Crippen molar-refractivity contribution in [3.05, 3.63) is 51.6 Å². The molecule has 7 nitrogen and oxygen atoms in total. The predicted octanol–water partition coefficient (Wildman–Crippen LogP) is 4.96. The SMILES string of the molecule is Cc1ccc2c(C(=O)c3nc(C(C)C)cs3)cn(C(=O)OC(C)(C)C)c2c1.O=C=O. The van der Waals surface area contributed by atoms with Crippen LogP contribution in [0.1, 0.15) is 67.2 Å². The highest BCUT2D eigenvalue weighted by Crippen LogP contribution is 2.28. The van der Waals surface area contributed by atoms with Gasteiger partial charge in [0.15, 0.2) is 5.01 Å². The van der Waals surface area contributed by atoms with Gasteiger partial charge in [0.1, 0.15) is 5.60 Å². The third-order valence-electron chi connectivity index (χ3n) is 4.10. The van der Waals surface area contributed by atoms with Crippen molar-refractivity contribution < 1.29 is 23.9 Å². The van der Waals surface area contributed by atoms with Gasteiger partial charge in [-0.25, -0.2) is 9.78 Å². The molecule has 8 heteroatoms. The Morgan fingerprint density at radius 3 is 2.37 bits per heavy atom. The predicted molar refractivity (Wildman–Crippen MR) is 113 cm³/mol. The Kier molecular flexibility index (Phi) is 7.08. The number of ether oxygens (including phenoxy) is 1. The standard InChI is InChI=1S/C21H24N2O3S.CO2/c1-12(2)16-11-27-19(22-16)18(24)15-10-23(20(25)26-21(4,5)6)17-9-13(3)7-8-14(15)17;2-1-3/h7-12H,1-6H3;. The molecular formula is C22H24N2O5S. The highest BCUT2D eigenvalue weighted by molar-refractivity contribution is 7.12. The Hall–Kier alpha value is -3.09. The molecule has 0 aliphatic rings. The molecule has 1 aromatic carbocycles. The van der Waals surface area contributed by atoms with E-state index in [0.717, 1.165) is 16.6 Å². The van der Waals surface area contributed by atoms with E-state index in [0.29, 0.717) is 16.1 Å². The summed E-state index contributed by atoms with van der Waals surface area (Å²) in [6.45, 7) is 11.5. The van der Waals surface area contributed by atoms with Crippen molar-refractivity contribution in [2.24, 2.45) is 0 Å². The summed E-state index contributed by atoms with van der Waals surface area (Å²) >= 11 is 1.33. The molecule has 158 valence electrons. The minimum absolute atomic E-state index is 0.178. The van der Waals surface area contributed by atoms with E-state index < -0.39 is 11.7 Å². The van der Waals surface area contributed by atoms with Gasteiger partial charge in [0, 0.05) is 17.0 Å². The summed E-state index contributed by atoms with van der Waals surface area (Å²) in [5.41, 5.74) is 2.40. The summed E-state index contributed by atoms with van der Waals surface area (Å²) in [5, 5.41) is 3.06. The fraction of sp³-hybridized carbons (Fsp3) is 0.364. The largest absolute Gasteiger partial charge is 0.443 e. The Labute approximate surface area is 178 Å². The first-order valence-corrected chi connectivity index (χ1v) is 10.2. The van der Waals surface area contributed by atoms with Crippen LogP contribution in [0.2, 0.25) is 0 Å². The van der Waals surface area contributed by atoms with Gasteiger partial charge in [-0.1, -0.05) is 26.0 Å². The van der Waals surface area contributed by atoms with Crippen molar-refractivity contribution in [1.29, 1.82) is 0 Å². The highest BCUT2D eigenvalue weighted by atomic mass is 32.1. The minimum atomic E-state index is -0.622. The lowest BCUT2D eigenvalue weighted by atomic mass is 10.1. The maximum Gasteiger partial charge on any atom is 0.419 e. The van der Waals surface area contributed by atoms with Crippen LogP contribution in [-0.4, -0.2) is 33.2 Å². The normalized spacial score (nSPS) is 11.0. The molecule has 0 atom stereocenters. The molecule has 0 fully saturated rings. The maximum absolute atomic E-state index is 13.1. The summed E-state index contributed by atoms with van der Waals surface area (Å²) < 4.78 is 6.92. The summed E-state index contributed by atoms with van der Waals surface area (Å²) in [7, 11) is 0. The molecular weight excluding hydrogens is 404 g/mol. The van der Waals surface area contributed by atoms with Crippen LogP contribution in [0.5, 0.6) is 0 Å². The number of rotatable bonds is 3. The second kappa shape index (κ2) is 9.15. The Bertz CT molecular complexity index is 1110. The van der Waals surface area contributed by atoms with Gasteiger partial charge < -0.3 is 4.74 Å². The molecule has 0 amide bonds. The van der Waals surface area contributed by atoms with E-state index in [9.17, 15) is 9.59 Å². The van der Waals surface area contributed by atoms with Crippen molar-refractivity contribution in [3.8, 4) is 0 Å². The minimum Gasteiger partial charge on any atom is -0.443 e. The van der Waals surface area contributed by atoms with Gasteiger partial charge >= 0.3 is 12.2 Å². The Morgan fingerprint density at radius 2 is 1.83 bits per heavy atom. The van der Waals surface area contributed by atoms with Crippen LogP contribution in [0.3, 0.4) is 0 Å². The number of benzene rings is 1. The van der Waals surface area contributed by atoms with E-state index in [-0.39, 0.29) is 17.9 Å². The smallest absolute Gasteiger partial charge is 0.419 e. The molecule has 3 rings (SSSR count). The number of aryl methyl sites for hydroxylation is 1. The van der Waals surface area contributed by atoms with Gasteiger partial charge in [0.05, 0.1) is 16.8 Å². The molecule has 0 bridgehead atoms. The van der Waals surface area contributed by atoms with Crippen LogP contribution in [0.15, 0.2) is 29.8 Å². The van der Waals surface area contributed by atoms with Crippen molar-refractivity contribution in [2.45, 2.75) is 53.1 Å². The van der Waals surface area contributed by atoms with Gasteiger partial charge in [-0.05, 0) is 45.2 Å². The van der Waals surface area contributed by atoms with E-state index in [1.165, 1.54) is 15.9 Å². The Balaban J connectivity index is 0.00000101. The van der Waals surface area contributed by atoms with Crippen molar-refractivity contribution >= 4 is 40.3 Å². The summed E-state index contributed by atoms with van der Waals surface area (Å²) in [5.74, 6) is 0.0802. The molecule has 0 saturated heterocycles. The first kappa shape index (κ1) is 23.2. The fourth-order valence-corrected chi connectivity index (χ4v) is 3.68. The van der Waals surface area contributed by atoms with E-state index >= 15 is 0 Å². The van der Waals surface area contributed by atoms with Crippen LogP contribution in [0.4, 0.5) is 4.79 Å². The average Bonchev–Trinajstić information content (AvgIpc) is 3.25. The van der Waals surface area contributed by atoms with Gasteiger partial charge in [-0.15, -0.1) is 11.3 Å². The molecule has 0 aliphatic carbocycles. The number of hydrogen-bond donors (Lipinski definition) is 0. The topological polar surface area (TPSA) is 95.3 Å². The number of thiazole rings is 1. The third-order valence-corrected chi connectivity index (χ3v) is 4.96. The van der Waals surface area contributed by atoms with Gasteiger partial charge in [-0.3, -0.25) is 9.36 Å². The first-order valence-electron chi connectivity index (χ1n) is 9.33. The first-order chi connectivity index (χ1) is 14.0. The van der Waals surface area contributed by atoms with Gasteiger partial charge in [-0.2, -0.15) is 9.59 Å². The number of nitrogens with zero attached hydrogens (tertiary/aromatic N) is 2. The number of ketones is 1. The quantitative estimate of drug-likeness (QED) is 0.547. The Morgan fingerprint density at radius 1 is 1.20 bits per heavy atom. The van der Waals surface area contributed by atoms with E-state index in [1.54, 1.807) is 6.20 Å². The van der Waals surface area contributed by atoms with Crippen LogP contribution in [0.25, 0.3) is 10.9 Å². The number of carbonyl (C=O) groups is 2. The molecule has 30 heavy (non-hydrogen) atoms. The molecule has 0 spiro atoms. The third kappa shape index (κ3) is 5.28. The summed E-state index contributed by atoms with van der Waals surface area (Å²) in [6.07, 6.45) is 1.32. The highest BCUT2D eigenvalue weighted by Gasteiger charge is 2.25. The van der Waals surface area contributed by atoms with Crippen LogP contribution in [0, 0.1) is 6.92 Å². The molecule has 3 aromatic rings. The zero-order valence-corrected chi connectivity index (χ0v) is 18.6. The van der Waals surface area contributed by atoms with E-state index in [4.69, 9.17) is 14.3 Å². The second-order valence-corrected chi connectivity index (χ2v) is 8.92. The maximum atomic E-state index is 13.1. The zero-order valence-electron chi connectivity index (χ0n) is 17.8. The zero-order chi connectivity index (χ0) is 22.6. The van der Waals surface area contributed by atoms with Crippen molar-refractivity contribution in [2.75, 3.05) is 0 Å². The van der Waals surface area contributed by atoms with Crippen LogP contribution < -0.4 is 0 Å². The van der Waals surface area contributed by atoms with E-state index in [2.05, 4.69) is 4.98 Å². The fourth-order valence-electron chi connectivity index (χ4n) is 2.75. The number of hydrogen-bond acceptors (Lipinski definition) is 7. The van der Waals surface area contributed by atoms with Gasteiger partial charge in [0.25, 0.3) is 0 Å². The van der Waals surface area contributed by atoms with Crippen molar-refractivity contribution in [3.63, 3.8) is 0 Å². The lowest BCUT2D eigenvalue weighted by Crippen LogP contribution is -2.26. The number of fused-ring (bicyclic) bond motifs is 1. The van der Waals surface area contributed by atoms with Crippen LogP contribution in [-0.2, 0) is 14.3 Å². The van der Waals surface area contributed by atoms with E-state index in [1.807, 2.05) is 65.1 Å². The molecule has 0 N–H and O–H groups in total. The lowest BCUT2D eigenvalue weighted by molar-refractivity contribution is -0.191. The second-order valence-electron chi connectivity index (χ2n) is 8.06. The average molecular weight is 429 g/mol. The van der Waals surface area contributed by atoms with Crippen LogP contribution >= 0.6 is 11.3 Å². The molecule has 0 unspecified atom stereocenters. The lowest BCUT2D eigenvalue weighted by Gasteiger charge is -2.19. The molecule has 2 heterocycles. The summed E-state index contributed by atoms with van der Waals surface area (Å²) in [4.78, 5) is 46.5. The molecule has 0 radical (unpaired) electrons. The molecule has 0 aliphatic heterocycles. The molecule has 0 saturated carbocycles. The monoisotopic (exact) mass is 428 g/mol.